The minimum Gasteiger partial charge on any atom is -0.480 e. The molecule has 0 spiro atoms. The third kappa shape index (κ3) is 9.11. The van der Waals surface area contributed by atoms with Gasteiger partial charge in [-0.25, -0.2) is 8.42 Å². The summed E-state index contributed by atoms with van der Waals surface area (Å²) in [5, 5.41) is 12.1. The largest absolute Gasteiger partial charge is 0.480 e. The van der Waals surface area contributed by atoms with Crippen molar-refractivity contribution < 1.29 is 31.5 Å². The molecule has 1 atom stereocenters. The highest BCUT2D eigenvalue weighted by Gasteiger charge is 2.33. The van der Waals surface area contributed by atoms with Crippen LogP contribution in [0.25, 0.3) is 0 Å². The lowest BCUT2D eigenvalue weighted by Gasteiger charge is -2.36. The average Bonchev–Trinajstić information content (AvgIpc) is 3.01. The maximum atomic E-state index is 12.7. The van der Waals surface area contributed by atoms with Crippen LogP contribution in [0.1, 0.15) is 41.0 Å². The number of carboxylic acid groups (broad SMARTS) is 1. The van der Waals surface area contributed by atoms with E-state index in [2.05, 4.69) is 26.9 Å². The number of pyridine rings is 1. The summed E-state index contributed by atoms with van der Waals surface area (Å²) in [4.78, 5) is 30.5. The predicted octanol–water partition coefficient (Wildman–Crippen LogP) is 1.88. The van der Waals surface area contributed by atoms with Crippen molar-refractivity contribution >= 4 is 37.6 Å². The number of aromatic nitrogens is 1. The molecule has 2 aromatic carbocycles. The second kappa shape index (κ2) is 14.2. The van der Waals surface area contributed by atoms with Crippen molar-refractivity contribution in [1.29, 1.82) is 0 Å². The van der Waals surface area contributed by atoms with Crippen molar-refractivity contribution in [2.24, 2.45) is 5.92 Å². The van der Waals surface area contributed by atoms with E-state index in [1.54, 1.807) is 38.1 Å². The van der Waals surface area contributed by atoms with Gasteiger partial charge in [0.2, 0.25) is 0 Å². The van der Waals surface area contributed by atoms with Crippen molar-refractivity contribution in [1.82, 2.24) is 19.3 Å². The van der Waals surface area contributed by atoms with Crippen molar-refractivity contribution in [3.8, 4) is 11.8 Å². The number of hydrogen-bond acceptors (Lipinski definition) is 8. The van der Waals surface area contributed by atoms with Crippen LogP contribution < -0.4 is 14.9 Å². The summed E-state index contributed by atoms with van der Waals surface area (Å²) in [6.45, 7) is 4.83. The molecule has 0 unspecified atom stereocenters. The van der Waals surface area contributed by atoms with Gasteiger partial charge in [0.1, 0.15) is 11.7 Å². The fraction of sp³-hybridized carbons (Fsp3) is 0.323. The number of piperazine rings is 1. The summed E-state index contributed by atoms with van der Waals surface area (Å²) in [6, 6.07) is 15.9. The molecule has 1 aliphatic heterocycles. The molecule has 3 N–H and O–H groups in total. The van der Waals surface area contributed by atoms with Gasteiger partial charge in [-0.1, -0.05) is 37.8 Å². The van der Waals surface area contributed by atoms with E-state index in [-0.39, 0.29) is 36.1 Å². The molecule has 1 saturated heterocycles. The van der Waals surface area contributed by atoms with Crippen LogP contribution in [0, 0.1) is 17.8 Å². The highest BCUT2D eigenvalue weighted by atomic mass is 32.2. The van der Waals surface area contributed by atoms with Crippen LogP contribution in [-0.2, 0) is 31.4 Å². The molecular formula is C31H35N5O7S2. The maximum absolute atomic E-state index is 12.7. The van der Waals surface area contributed by atoms with Crippen LogP contribution in [0.2, 0.25) is 0 Å². The number of amides is 1. The topological polar surface area (TPSA) is 166 Å². The van der Waals surface area contributed by atoms with Crippen LogP contribution in [0.5, 0.6) is 0 Å². The number of nitrogens with zero attached hydrogens (tertiary/aromatic N) is 3. The first-order valence-electron chi connectivity index (χ1n) is 14.1. The monoisotopic (exact) mass is 653 g/mol. The molecule has 4 rings (SSSR count). The van der Waals surface area contributed by atoms with Gasteiger partial charge >= 0.3 is 5.97 Å². The van der Waals surface area contributed by atoms with Gasteiger partial charge in [-0.2, -0.15) is 17.4 Å². The van der Waals surface area contributed by atoms with Gasteiger partial charge in [-0.3, -0.25) is 14.6 Å². The van der Waals surface area contributed by atoms with E-state index >= 15 is 0 Å². The lowest BCUT2D eigenvalue weighted by Crippen LogP contribution is -2.55. The number of benzene rings is 2. The number of nitrogens with one attached hydrogen (secondary N) is 2. The van der Waals surface area contributed by atoms with Gasteiger partial charge in [0.05, 0.1) is 4.90 Å². The number of carbonyl (C=O) groups is 2. The molecule has 1 aromatic heterocycles. The fourth-order valence-electron chi connectivity index (χ4n) is 4.55. The SMILES string of the molecule is CC(C)[C@@H](NS(=O)(=O)N1CCN(c2ccc(C#Cc3ccnc(C(=O)NCc4ccc(S(C)(=O)=O)cc4)c3)cc2)CC1)C(=O)O. The van der Waals surface area contributed by atoms with E-state index in [1.165, 1.54) is 22.6 Å². The van der Waals surface area contributed by atoms with Crippen LogP contribution in [-0.4, -0.2) is 81.6 Å². The maximum Gasteiger partial charge on any atom is 0.322 e. The van der Waals surface area contributed by atoms with Crippen molar-refractivity contribution in [3.05, 3.63) is 89.2 Å². The summed E-state index contributed by atoms with van der Waals surface area (Å²) in [5.74, 6) is 4.12. The highest BCUT2D eigenvalue weighted by Crippen LogP contribution is 2.19. The molecule has 12 nitrogen and oxygen atoms in total. The number of anilines is 1. The molecule has 1 fully saturated rings. The summed E-state index contributed by atoms with van der Waals surface area (Å²) in [6.07, 6.45) is 2.64. The molecular weight excluding hydrogens is 619 g/mol. The molecule has 1 amide bonds. The second-order valence-corrected chi connectivity index (χ2v) is 14.6. The molecule has 238 valence electrons. The molecule has 0 radical (unpaired) electrons. The number of carboxylic acids is 1. The highest BCUT2D eigenvalue weighted by molar-refractivity contribution is 7.90. The number of hydrogen-bond donors (Lipinski definition) is 3. The molecule has 14 heteroatoms. The summed E-state index contributed by atoms with van der Waals surface area (Å²) >= 11 is 0. The van der Waals surface area contributed by atoms with E-state index in [9.17, 15) is 31.5 Å². The smallest absolute Gasteiger partial charge is 0.322 e. The number of aliphatic carboxylic acids is 1. The normalized spacial score (nSPS) is 14.8. The number of carbonyl (C=O) groups excluding carboxylic acids is 1. The first kappa shape index (κ1) is 33.6. The van der Waals surface area contributed by atoms with Gasteiger partial charge in [0, 0.05) is 62.0 Å². The van der Waals surface area contributed by atoms with Crippen molar-refractivity contribution in [2.45, 2.75) is 31.3 Å². The standard InChI is InChI=1S/C31H35N5O7S2/c1-22(2)29(31(38)39)34-45(42,43)36-18-16-35(17-19-36)26-10-6-23(7-11-26)4-5-24-14-15-32-28(20-24)30(37)33-21-25-8-12-27(13-9-25)44(3,40)41/h6-15,20,22,29,34H,16-19,21H2,1-3H3,(H,33,37)(H,38,39)/t29-/m1/s1. The Bertz CT molecular complexity index is 1810. The zero-order valence-electron chi connectivity index (χ0n) is 25.1. The average molecular weight is 654 g/mol. The first-order chi connectivity index (χ1) is 21.2. The Morgan fingerprint density at radius 2 is 1.53 bits per heavy atom. The second-order valence-electron chi connectivity index (χ2n) is 10.9. The van der Waals surface area contributed by atoms with Gasteiger partial charge in [-0.15, -0.1) is 0 Å². The summed E-state index contributed by atoms with van der Waals surface area (Å²) in [5.41, 5.74) is 3.20. The van der Waals surface area contributed by atoms with Gasteiger partial charge in [-0.05, 0) is 60.0 Å². The Hall–Kier alpha value is -4.29. The fourth-order valence-corrected chi connectivity index (χ4v) is 6.67. The Kier molecular flexibility index (Phi) is 10.6. The van der Waals surface area contributed by atoms with Gasteiger partial charge in [0.25, 0.3) is 16.1 Å². The summed E-state index contributed by atoms with van der Waals surface area (Å²) in [7, 11) is -7.23. The van der Waals surface area contributed by atoms with Crippen LogP contribution in [0.3, 0.4) is 0 Å². The van der Waals surface area contributed by atoms with E-state index in [0.29, 0.717) is 18.7 Å². The summed E-state index contributed by atoms with van der Waals surface area (Å²) < 4.78 is 52.3. The molecule has 2 heterocycles. The van der Waals surface area contributed by atoms with Crippen molar-refractivity contribution in [3.63, 3.8) is 0 Å². The van der Waals surface area contributed by atoms with Gasteiger partial charge in [0.15, 0.2) is 9.84 Å². The van der Waals surface area contributed by atoms with Crippen molar-refractivity contribution in [2.75, 3.05) is 37.3 Å². The Labute approximate surface area is 263 Å². The third-order valence-corrected chi connectivity index (χ3v) is 9.89. The minimum atomic E-state index is -3.94. The van der Waals surface area contributed by atoms with Crippen LogP contribution in [0.4, 0.5) is 5.69 Å². The van der Waals surface area contributed by atoms with E-state index in [4.69, 9.17) is 0 Å². The molecule has 3 aromatic rings. The number of sulfone groups is 1. The lowest BCUT2D eigenvalue weighted by molar-refractivity contribution is -0.140. The Balaban J connectivity index is 1.32. The lowest BCUT2D eigenvalue weighted by atomic mass is 10.1. The molecule has 45 heavy (non-hydrogen) atoms. The number of rotatable bonds is 10. The van der Waals surface area contributed by atoms with E-state index < -0.39 is 38.0 Å². The van der Waals surface area contributed by atoms with E-state index in [1.807, 2.05) is 29.2 Å². The molecule has 0 aliphatic carbocycles. The predicted molar refractivity (Wildman–Crippen MR) is 169 cm³/mol. The first-order valence-corrected chi connectivity index (χ1v) is 17.5. The molecule has 1 aliphatic rings. The Morgan fingerprint density at radius 3 is 2.11 bits per heavy atom. The third-order valence-electron chi connectivity index (χ3n) is 7.17. The molecule has 0 saturated carbocycles. The Morgan fingerprint density at radius 1 is 0.911 bits per heavy atom. The zero-order chi connectivity index (χ0) is 32.8. The van der Waals surface area contributed by atoms with Crippen LogP contribution in [0.15, 0.2) is 71.8 Å². The quantitative estimate of drug-likeness (QED) is 0.277. The van der Waals surface area contributed by atoms with Gasteiger partial charge < -0.3 is 15.3 Å². The van der Waals surface area contributed by atoms with Crippen LogP contribution >= 0.6 is 0 Å². The molecule has 0 bridgehead atoms. The minimum absolute atomic E-state index is 0.198. The zero-order valence-corrected chi connectivity index (χ0v) is 26.7. The van der Waals surface area contributed by atoms with E-state index in [0.717, 1.165) is 23.1 Å².